The van der Waals surface area contributed by atoms with Crippen LogP contribution in [0.4, 0.5) is 5.69 Å². The van der Waals surface area contributed by atoms with Crippen LogP contribution < -0.4 is 5.73 Å². The van der Waals surface area contributed by atoms with E-state index in [1.165, 1.54) is 12.1 Å². The molecule has 3 aromatic carbocycles. The molecule has 0 aromatic heterocycles. The lowest BCUT2D eigenvalue weighted by atomic mass is 10.0. The number of anilines is 1. The minimum absolute atomic E-state index is 0.00441. The van der Waals surface area contributed by atoms with Gasteiger partial charge >= 0.3 is 0 Å². The van der Waals surface area contributed by atoms with Crippen LogP contribution in [0.25, 0.3) is 33.0 Å². The first-order valence-corrected chi connectivity index (χ1v) is 12.0. The van der Waals surface area contributed by atoms with Crippen LogP contribution in [-0.4, -0.2) is 38.9 Å². The van der Waals surface area contributed by atoms with E-state index in [-0.39, 0.29) is 38.7 Å². The van der Waals surface area contributed by atoms with E-state index in [0.717, 1.165) is 24.3 Å². The molecule has 0 atom stereocenters. The molecule has 1 aliphatic rings. The van der Waals surface area contributed by atoms with Gasteiger partial charge in [-0.05, 0) is 41.0 Å². The number of nitrogen functional groups attached to an aromatic ring is 1. The highest BCUT2D eigenvalue weighted by Crippen LogP contribution is 2.53. The van der Waals surface area contributed by atoms with Gasteiger partial charge in [-0.2, -0.15) is 25.3 Å². The third kappa shape index (κ3) is 2.90. The summed E-state index contributed by atoms with van der Waals surface area (Å²) in [4.78, 5) is -1.67. The Balaban J connectivity index is 2.30. The second-order valence-electron chi connectivity index (χ2n) is 6.33. The molecular weight excluding hydrogens is 446 g/mol. The van der Waals surface area contributed by atoms with Crippen molar-refractivity contribution in [3.63, 3.8) is 0 Å². The SMILES string of the molecule is Nc1cc(S(=O)(=O)O)c2c3c(ccc(S(=O)(=O)O)c13)-c1cc(S(=O)(=O)O)ccc1-2. The fourth-order valence-corrected chi connectivity index (χ4v) is 5.54. The van der Waals surface area contributed by atoms with Crippen molar-refractivity contribution < 1.29 is 38.9 Å². The van der Waals surface area contributed by atoms with Gasteiger partial charge in [-0.1, -0.05) is 12.1 Å². The van der Waals surface area contributed by atoms with Crippen molar-refractivity contribution in [2.24, 2.45) is 0 Å². The maximum absolute atomic E-state index is 11.9. The van der Waals surface area contributed by atoms with E-state index in [2.05, 4.69) is 0 Å². The first kappa shape index (κ1) is 19.8. The normalized spacial score (nSPS) is 13.6. The summed E-state index contributed by atoms with van der Waals surface area (Å²) >= 11 is 0. The lowest BCUT2D eigenvalue weighted by Gasteiger charge is -2.12. The summed E-state index contributed by atoms with van der Waals surface area (Å²) < 4.78 is 99.0. The highest BCUT2D eigenvalue weighted by atomic mass is 32.2. The van der Waals surface area contributed by atoms with E-state index in [0.29, 0.717) is 0 Å². The van der Waals surface area contributed by atoms with Crippen LogP contribution in [0.2, 0.25) is 0 Å². The monoisotopic (exact) mass is 457 g/mol. The Labute approximate surface area is 164 Å². The lowest BCUT2D eigenvalue weighted by molar-refractivity contribution is 0.481. The van der Waals surface area contributed by atoms with Gasteiger partial charge in [0, 0.05) is 22.0 Å². The second kappa shape index (κ2) is 5.75. The Hall–Kier alpha value is -2.55. The van der Waals surface area contributed by atoms with Crippen LogP contribution in [0.1, 0.15) is 0 Å². The highest BCUT2D eigenvalue weighted by Gasteiger charge is 2.33. The van der Waals surface area contributed by atoms with Crippen molar-refractivity contribution in [2.45, 2.75) is 14.7 Å². The van der Waals surface area contributed by atoms with Gasteiger partial charge in [-0.15, -0.1) is 0 Å². The van der Waals surface area contributed by atoms with Crippen molar-refractivity contribution in [2.75, 3.05) is 5.73 Å². The van der Waals surface area contributed by atoms with E-state index in [1.54, 1.807) is 0 Å². The van der Waals surface area contributed by atoms with Gasteiger partial charge in [-0.25, -0.2) is 0 Å². The Morgan fingerprint density at radius 2 is 1.21 bits per heavy atom. The predicted octanol–water partition coefficient (Wildman–Crippen LogP) is 1.81. The van der Waals surface area contributed by atoms with Crippen molar-refractivity contribution in [1.29, 1.82) is 0 Å². The minimum Gasteiger partial charge on any atom is -0.398 e. The van der Waals surface area contributed by atoms with Gasteiger partial charge < -0.3 is 5.73 Å². The first-order chi connectivity index (χ1) is 13.2. The smallest absolute Gasteiger partial charge is 0.295 e. The molecule has 0 saturated heterocycles. The zero-order chi connectivity index (χ0) is 21.5. The van der Waals surface area contributed by atoms with Gasteiger partial charge in [-0.3, -0.25) is 13.7 Å². The molecule has 0 bridgehead atoms. The fourth-order valence-electron chi connectivity index (χ4n) is 3.57. The number of rotatable bonds is 3. The summed E-state index contributed by atoms with van der Waals surface area (Å²) in [5, 5.41) is -0.188. The van der Waals surface area contributed by atoms with Gasteiger partial charge in [0.1, 0.15) is 9.79 Å². The third-order valence-electron chi connectivity index (χ3n) is 4.64. The van der Waals surface area contributed by atoms with Crippen LogP contribution in [0.3, 0.4) is 0 Å². The molecule has 0 aliphatic heterocycles. The topological polar surface area (TPSA) is 189 Å². The van der Waals surface area contributed by atoms with Crippen molar-refractivity contribution in [3.8, 4) is 22.3 Å². The Morgan fingerprint density at radius 3 is 1.76 bits per heavy atom. The van der Waals surface area contributed by atoms with E-state index in [1.807, 2.05) is 0 Å². The summed E-state index contributed by atoms with van der Waals surface area (Å²) in [6.45, 7) is 0. The molecule has 152 valence electrons. The maximum Gasteiger partial charge on any atom is 0.295 e. The molecule has 5 N–H and O–H groups in total. The Bertz CT molecular complexity index is 1570. The molecule has 0 unspecified atom stereocenters. The highest BCUT2D eigenvalue weighted by molar-refractivity contribution is 7.86. The minimum atomic E-state index is -4.82. The molecule has 0 heterocycles. The van der Waals surface area contributed by atoms with Gasteiger partial charge in [0.15, 0.2) is 0 Å². The van der Waals surface area contributed by atoms with Crippen LogP contribution in [0.5, 0.6) is 0 Å². The largest absolute Gasteiger partial charge is 0.398 e. The summed E-state index contributed by atoms with van der Waals surface area (Å²) in [5.74, 6) is 0. The molecule has 4 rings (SSSR count). The van der Waals surface area contributed by atoms with Gasteiger partial charge in [0.25, 0.3) is 30.4 Å². The number of benzene rings is 3. The number of hydrogen-bond donors (Lipinski definition) is 4. The predicted molar refractivity (Wildman–Crippen MR) is 102 cm³/mol. The van der Waals surface area contributed by atoms with Crippen LogP contribution in [0, 0.1) is 0 Å². The zero-order valence-electron chi connectivity index (χ0n) is 14.1. The molecular formula is C16H11NO9S3. The number of fused-ring (bicyclic) bond motifs is 3. The van der Waals surface area contributed by atoms with E-state index in [9.17, 15) is 38.9 Å². The molecule has 29 heavy (non-hydrogen) atoms. The zero-order valence-corrected chi connectivity index (χ0v) is 16.5. The standard InChI is InChI=1S/C16H11NO9S3/c17-11-6-13(29(24,25)26)14-8-2-1-7(27(18,19)20)5-10(8)9-3-4-12(28(21,22)23)16(11)15(9)14/h1-6H,17H2,(H,18,19,20)(H,21,22,23)(H,24,25,26). The number of nitrogens with two attached hydrogens (primary N) is 1. The molecule has 0 spiro atoms. The van der Waals surface area contributed by atoms with Gasteiger partial charge in [0.05, 0.1) is 4.90 Å². The first-order valence-electron chi connectivity index (χ1n) is 7.67. The summed E-state index contributed by atoms with van der Waals surface area (Å²) in [5.41, 5.74) is 5.96. The summed E-state index contributed by atoms with van der Waals surface area (Å²) in [7, 11) is -14.2. The summed E-state index contributed by atoms with van der Waals surface area (Å²) in [6.07, 6.45) is 0. The Morgan fingerprint density at radius 1 is 0.621 bits per heavy atom. The quantitative estimate of drug-likeness (QED) is 0.261. The molecule has 0 fully saturated rings. The Kier molecular flexibility index (Phi) is 3.91. The van der Waals surface area contributed by atoms with E-state index < -0.39 is 45.0 Å². The maximum atomic E-state index is 11.9. The summed E-state index contributed by atoms with van der Waals surface area (Å²) in [6, 6.07) is 6.45. The molecule has 0 amide bonds. The average Bonchev–Trinajstić information content (AvgIpc) is 2.89. The fraction of sp³-hybridized carbons (Fsp3) is 0. The molecule has 0 saturated carbocycles. The van der Waals surface area contributed by atoms with E-state index >= 15 is 0 Å². The number of hydrogen-bond acceptors (Lipinski definition) is 7. The van der Waals surface area contributed by atoms with Crippen molar-refractivity contribution in [1.82, 2.24) is 0 Å². The van der Waals surface area contributed by atoms with Crippen LogP contribution >= 0.6 is 0 Å². The van der Waals surface area contributed by atoms with Crippen molar-refractivity contribution >= 4 is 46.8 Å². The molecule has 1 aliphatic carbocycles. The molecule has 0 radical (unpaired) electrons. The van der Waals surface area contributed by atoms with Gasteiger partial charge in [0.2, 0.25) is 0 Å². The van der Waals surface area contributed by atoms with Crippen LogP contribution in [0.15, 0.2) is 51.1 Å². The van der Waals surface area contributed by atoms with Crippen LogP contribution in [-0.2, 0) is 30.4 Å². The molecule has 10 nitrogen and oxygen atoms in total. The average molecular weight is 457 g/mol. The second-order valence-corrected chi connectivity index (χ2v) is 10.5. The molecule has 3 aromatic rings. The lowest BCUT2D eigenvalue weighted by Crippen LogP contribution is -2.05. The van der Waals surface area contributed by atoms with E-state index in [4.69, 9.17) is 5.73 Å². The third-order valence-corrected chi connectivity index (χ3v) is 7.27. The molecule has 13 heteroatoms. The van der Waals surface area contributed by atoms with Crippen molar-refractivity contribution in [3.05, 3.63) is 36.4 Å².